The van der Waals surface area contributed by atoms with E-state index in [1.54, 1.807) is 0 Å². The lowest BCUT2D eigenvalue weighted by Crippen LogP contribution is -2.40. The van der Waals surface area contributed by atoms with E-state index in [1.165, 1.54) is 11.8 Å². The number of urea groups is 1. The predicted octanol–water partition coefficient (Wildman–Crippen LogP) is 2.60. The SMILES string of the molecule is Cc1nnc(SCC(=O)NC(=O)NCCC(C)C)n1Cc1ccccc1. The van der Waals surface area contributed by atoms with E-state index in [4.69, 9.17) is 0 Å². The van der Waals surface area contributed by atoms with Gasteiger partial charge in [0.1, 0.15) is 5.82 Å². The van der Waals surface area contributed by atoms with Crippen molar-refractivity contribution in [2.45, 2.75) is 38.9 Å². The summed E-state index contributed by atoms with van der Waals surface area (Å²) >= 11 is 1.26. The van der Waals surface area contributed by atoms with E-state index in [2.05, 4.69) is 34.7 Å². The Balaban J connectivity index is 1.84. The maximum absolute atomic E-state index is 12.0. The number of benzene rings is 1. The van der Waals surface area contributed by atoms with Gasteiger partial charge >= 0.3 is 6.03 Å². The van der Waals surface area contributed by atoms with E-state index in [9.17, 15) is 9.59 Å². The molecule has 0 atom stereocenters. The average Bonchev–Trinajstić information content (AvgIpc) is 2.94. The van der Waals surface area contributed by atoms with Crippen molar-refractivity contribution in [3.8, 4) is 0 Å². The van der Waals surface area contributed by atoms with Gasteiger partial charge in [0.25, 0.3) is 0 Å². The topological polar surface area (TPSA) is 88.9 Å². The molecule has 7 nitrogen and oxygen atoms in total. The van der Waals surface area contributed by atoms with Crippen LogP contribution in [0.25, 0.3) is 0 Å². The van der Waals surface area contributed by atoms with Crippen molar-refractivity contribution in [2.24, 2.45) is 5.92 Å². The molecule has 2 aromatic rings. The number of aryl methyl sites for hydroxylation is 1. The lowest BCUT2D eigenvalue weighted by molar-refractivity contribution is -0.117. The second-order valence-electron chi connectivity index (χ2n) is 6.38. The number of amides is 3. The average molecular weight is 375 g/mol. The van der Waals surface area contributed by atoms with Crippen LogP contribution in [0.15, 0.2) is 35.5 Å². The summed E-state index contributed by atoms with van der Waals surface area (Å²) in [5.41, 5.74) is 1.13. The van der Waals surface area contributed by atoms with Crippen molar-refractivity contribution in [3.63, 3.8) is 0 Å². The second kappa shape index (κ2) is 9.96. The first-order chi connectivity index (χ1) is 12.5. The van der Waals surface area contributed by atoms with E-state index in [0.717, 1.165) is 17.8 Å². The Morgan fingerprint density at radius 1 is 1.19 bits per heavy atom. The van der Waals surface area contributed by atoms with Crippen molar-refractivity contribution < 1.29 is 9.59 Å². The molecular weight excluding hydrogens is 350 g/mol. The lowest BCUT2D eigenvalue weighted by atomic mass is 10.1. The number of hydrogen-bond donors (Lipinski definition) is 2. The number of nitrogens with one attached hydrogen (secondary N) is 2. The minimum atomic E-state index is -0.460. The summed E-state index contributed by atoms with van der Waals surface area (Å²) < 4.78 is 1.95. The van der Waals surface area contributed by atoms with Crippen LogP contribution in [0.4, 0.5) is 4.79 Å². The molecule has 1 aromatic carbocycles. The van der Waals surface area contributed by atoms with Gasteiger partial charge in [0, 0.05) is 6.54 Å². The van der Waals surface area contributed by atoms with Crippen LogP contribution in [-0.2, 0) is 11.3 Å². The van der Waals surface area contributed by atoms with Crippen LogP contribution >= 0.6 is 11.8 Å². The summed E-state index contributed by atoms with van der Waals surface area (Å²) in [6, 6.07) is 9.53. The largest absolute Gasteiger partial charge is 0.338 e. The highest BCUT2D eigenvalue weighted by atomic mass is 32.2. The zero-order chi connectivity index (χ0) is 18.9. The Morgan fingerprint density at radius 3 is 2.62 bits per heavy atom. The van der Waals surface area contributed by atoms with E-state index in [-0.39, 0.29) is 11.7 Å². The first-order valence-corrected chi connectivity index (χ1v) is 9.58. The van der Waals surface area contributed by atoms with Gasteiger partial charge in [0.05, 0.1) is 12.3 Å². The van der Waals surface area contributed by atoms with Crippen LogP contribution in [0.2, 0.25) is 0 Å². The fourth-order valence-corrected chi connectivity index (χ4v) is 3.01. The number of aromatic nitrogens is 3. The van der Waals surface area contributed by atoms with Gasteiger partial charge in [-0.2, -0.15) is 0 Å². The lowest BCUT2D eigenvalue weighted by Gasteiger charge is -2.09. The molecule has 0 aliphatic carbocycles. The van der Waals surface area contributed by atoms with Crippen LogP contribution < -0.4 is 10.6 Å². The van der Waals surface area contributed by atoms with Crippen molar-refractivity contribution in [1.29, 1.82) is 0 Å². The van der Waals surface area contributed by atoms with Gasteiger partial charge in [0.15, 0.2) is 5.16 Å². The number of carbonyl (C=O) groups is 2. The van der Waals surface area contributed by atoms with Crippen LogP contribution in [0.5, 0.6) is 0 Å². The molecule has 140 valence electrons. The molecular formula is C18H25N5O2S. The van der Waals surface area contributed by atoms with Crippen molar-refractivity contribution in [1.82, 2.24) is 25.4 Å². The predicted molar refractivity (Wildman–Crippen MR) is 102 cm³/mol. The third kappa shape index (κ3) is 6.51. The Kier molecular flexibility index (Phi) is 7.65. The molecule has 1 aromatic heterocycles. The number of nitrogens with zero attached hydrogens (tertiary/aromatic N) is 3. The van der Waals surface area contributed by atoms with Crippen molar-refractivity contribution in [2.75, 3.05) is 12.3 Å². The molecule has 1 heterocycles. The van der Waals surface area contributed by atoms with Gasteiger partial charge < -0.3 is 9.88 Å². The first-order valence-electron chi connectivity index (χ1n) is 8.60. The van der Waals surface area contributed by atoms with Crippen LogP contribution in [0.1, 0.15) is 31.7 Å². The van der Waals surface area contributed by atoms with Gasteiger partial charge in [-0.05, 0) is 24.8 Å². The quantitative estimate of drug-likeness (QED) is 0.692. The Hall–Kier alpha value is -2.35. The summed E-state index contributed by atoms with van der Waals surface area (Å²) in [6.07, 6.45) is 0.873. The van der Waals surface area contributed by atoms with Gasteiger partial charge in [-0.15, -0.1) is 10.2 Å². The standard InChI is InChI=1S/C18H25N5O2S/c1-13(2)9-10-19-17(25)20-16(24)12-26-18-22-21-14(3)23(18)11-15-7-5-4-6-8-15/h4-8,13H,9-12H2,1-3H3,(H2,19,20,24,25). The van der Waals surface area contributed by atoms with Crippen LogP contribution in [0, 0.1) is 12.8 Å². The van der Waals surface area contributed by atoms with Crippen LogP contribution in [-0.4, -0.2) is 39.0 Å². The zero-order valence-corrected chi connectivity index (χ0v) is 16.2. The van der Waals surface area contributed by atoms with Gasteiger partial charge in [-0.1, -0.05) is 55.9 Å². The molecule has 0 fully saturated rings. The molecule has 0 unspecified atom stereocenters. The number of hydrogen-bond acceptors (Lipinski definition) is 5. The Labute approximate surface area is 158 Å². The Morgan fingerprint density at radius 2 is 1.92 bits per heavy atom. The minimum absolute atomic E-state index is 0.102. The molecule has 3 amide bonds. The van der Waals surface area contributed by atoms with Crippen molar-refractivity contribution in [3.05, 3.63) is 41.7 Å². The van der Waals surface area contributed by atoms with Crippen molar-refractivity contribution >= 4 is 23.7 Å². The fraction of sp³-hybridized carbons (Fsp3) is 0.444. The normalized spacial score (nSPS) is 10.8. The zero-order valence-electron chi connectivity index (χ0n) is 15.4. The molecule has 2 rings (SSSR count). The number of carbonyl (C=O) groups excluding carboxylic acids is 2. The maximum Gasteiger partial charge on any atom is 0.321 e. The Bertz CT molecular complexity index is 730. The third-order valence-electron chi connectivity index (χ3n) is 3.68. The van der Waals surface area contributed by atoms with E-state index < -0.39 is 6.03 Å². The minimum Gasteiger partial charge on any atom is -0.338 e. The molecule has 8 heteroatoms. The molecule has 26 heavy (non-hydrogen) atoms. The molecule has 2 N–H and O–H groups in total. The summed E-state index contributed by atoms with van der Waals surface area (Å²) in [5, 5.41) is 13.9. The first kappa shape index (κ1) is 20.0. The maximum atomic E-state index is 12.0. The number of imide groups is 1. The fourth-order valence-electron chi connectivity index (χ4n) is 2.23. The van der Waals surface area contributed by atoms with E-state index >= 15 is 0 Å². The summed E-state index contributed by atoms with van der Waals surface area (Å²) in [7, 11) is 0. The highest BCUT2D eigenvalue weighted by Gasteiger charge is 2.13. The molecule has 0 saturated heterocycles. The van der Waals surface area contributed by atoms with E-state index in [1.807, 2.05) is 41.8 Å². The third-order valence-corrected chi connectivity index (χ3v) is 4.64. The molecule has 0 saturated carbocycles. The summed E-state index contributed by atoms with van der Waals surface area (Å²) in [4.78, 5) is 23.6. The number of thioether (sulfide) groups is 1. The summed E-state index contributed by atoms with van der Waals surface area (Å²) in [6.45, 7) is 7.22. The molecule has 0 spiro atoms. The van der Waals surface area contributed by atoms with Gasteiger partial charge in [0.2, 0.25) is 5.91 Å². The van der Waals surface area contributed by atoms with E-state index in [0.29, 0.717) is 24.2 Å². The highest BCUT2D eigenvalue weighted by molar-refractivity contribution is 7.99. The summed E-state index contributed by atoms with van der Waals surface area (Å²) in [5.74, 6) is 1.03. The van der Waals surface area contributed by atoms with Gasteiger partial charge in [-0.25, -0.2) is 4.79 Å². The molecule has 0 radical (unpaired) electrons. The molecule has 0 bridgehead atoms. The molecule has 0 aliphatic rings. The second-order valence-corrected chi connectivity index (χ2v) is 7.32. The molecule has 0 aliphatic heterocycles. The van der Waals surface area contributed by atoms with Gasteiger partial charge in [-0.3, -0.25) is 10.1 Å². The smallest absolute Gasteiger partial charge is 0.321 e. The number of rotatable bonds is 8. The highest BCUT2D eigenvalue weighted by Crippen LogP contribution is 2.18. The monoisotopic (exact) mass is 375 g/mol. The van der Waals surface area contributed by atoms with Crippen LogP contribution in [0.3, 0.4) is 0 Å².